The molecular weight excluding hydrogens is 462 g/mol. The number of amides is 1. The molecule has 2 aromatic carbocycles. The fourth-order valence-corrected chi connectivity index (χ4v) is 6.88. The predicted octanol–water partition coefficient (Wildman–Crippen LogP) is 2.55. The topological polar surface area (TPSA) is 125 Å². The first-order valence-electron chi connectivity index (χ1n) is 12.5. The predicted molar refractivity (Wildman–Crippen MR) is 128 cm³/mol. The van der Waals surface area contributed by atoms with Crippen LogP contribution in [0.15, 0.2) is 54.3 Å². The van der Waals surface area contributed by atoms with E-state index in [1.54, 1.807) is 42.5 Å². The fraction of sp³-hybridized carbons (Fsp3) is 0.429. The summed E-state index contributed by atoms with van der Waals surface area (Å²) in [5, 5.41) is 35.3. The Kier molecular flexibility index (Phi) is 5.35. The monoisotopic (exact) mass is 491 g/mol. The van der Waals surface area contributed by atoms with Crippen LogP contribution >= 0.6 is 0 Å². The molecule has 2 bridgehead atoms. The van der Waals surface area contributed by atoms with Crippen LogP contribution in [0.5, 0.6) is 11.5 Å². The Bertz CT molecular complexity index is 1260. The highest BCUT2D eigenvalue weighted by molar-refractivity contribution is 5.82. The normalized spacial score (nSPS) is 29.9. The molecular formula is C28H29NO7. The van der Waals surface area contributed by atoms with Gasteiger partial charge in [-0.3, -0.25) is 9.59 Å². The van der Waals surface area contributed by atoms with E-state index < -0.39 is 35.1 Å². The molecule has 36 heavy (non-hydrogen) atoms. The third-order valence-corrected chi connectivity index (χ3v) is 8.49. The molecule has 1 aliphatic heterocycles. The van der Waals surface area contributed by atoms with Crippen molar-refractivity contribution in [3.05, 3.63) is 71.0 Å². The van der Waals surface area contributed by atoms with E-state index >= 15 is 0 Å². The maximum atomic E-state index is 12.7. The Morgan fingerprint density at radius 1 is 1.19 bits per heavy atom. The number of aliphatic hydroxyl groups is 2. The maximum Gasteiger partial charge on any atom is 0.312 e. The third-order valence-electron chi connectivity index (χ3n) is 8.49. The van der Waals surface area contributed by atoms with Crippen molar-refractivity contribution in [1.82, 2.24) is 5.32 Å². The SMILES string of the molecule is O=C(CCNC(=O)[C@@H](O)c1ccccc1)OC1=CC[C@@]2(O)[C@@H]3CCC[C@@]24c2c(ccc(O)c2O[C@@H]14)C3. The minimum absolute atomic E-state index is 0.00266. The molecule has 0 radical (unpaired) electrons. The first-order chi connectivity index (χ1) is 17.3. The number of aromatic hydroxyl groups is 1. The Morgan fingerprint density at radius 2 is 2.00 bits per heavy atom. The van der Waals surface area contributed by atoms with Crippen molar-refractivity contribution in [3.8, 4) is 11.5 Å². The number of carbonyl (C=O) groups is 2. The molecule has 188 valence electrons. The molecule has 3 aliphatic carbocycles. The van der Waals surface area contributed by atoms with Gasteiger partial charge in [-0.2, -0.15) is 0 Å². The van der Waals surface area contributed by atoms with Gasteiger partial charge in [0.1, 0.15) is 5.76 Å². The number of nitrogens with one attached hydrogen (secondary N) is 1. The summed E-state index contributed by atoms with van der Waals surface area (Å²) < 4.78 is 12.0. The van der Waals surface area contributed by atoms with Crippen LogP contribution in [-0.4, -0.2) is 45.4 Å². The van der Waals surface area contributed by atoms with Gasteiger partial charge < -0.3 is 30.1 Å². The Morgan fingerprint density at radius 3 is 2.81 bits per heavy atom. The van der Waals surface area contributed by atoms with Crippen LogP contribution in [0.2, 0.25) is 0 Å². The van der Waals surface area contributed by atoms with Crippen molar-refractivity contribution in [1.29, 1.82) is 0 Å². The molecule has 0 aromatic heterocycles. The van der Waals surface area contributed by atoms with Crippen LogP contribution in [0.1, 0.15) is 54.9 Å². The lowest BCUT2D eigenvalue weighted by molar-refractivity contribution is -0.160. The van der Waals surface area contributed by atoms with Gasteiger partial charge >= 0.3 is 5.97 Å². The number of phenols is 1. The van der Waals surface area contributed by atoms with Crippen molar-refractivity contribution >= 4 is 11.9 Å². The first-order valence-corrected chi connectivity index (χ1v) is 12.5. The van der Waals surface area contributed by atoms with E-state index in [0.29, 0.717) is 29.9 Å². The lowest BCUT2D eigenvalue weighted by atomic mass is 9.47. The number of hydrogen-bond donors (Lipinski definition) is 4. The van der Waals surface area contributed by atoms with Crippen LogP contribution in [0, 0.1) is 5.92 Å². The average Bonchev–Trinajstić information content (AvgIpc) is 3.22. The third kappa shape index (κ3) is 3.21. The van der Waals surface area contributed by atoms with Gasteiger partial charge in [-0.15, -0.1) is 0 Å². The summed E-state index contributed by atoms with van der Waals surface area (Å²) in [4.78, 5) is 25.0. The Labute approximate surface area is 208 Å². The van der Waals surface area contributed by atoms with E-state index in [1.165, 1.54) is 0 Å². The second-order valence-corrected chi connectivity index (χ2v) is 10.3. The van der Waals surface area contributed by atoms with Crippen LogP contribution in [-0.2, 0) is 26.2 Å². The first kappa shape index (κ1) is 23.1. The zero-order chi connectivity index (χ0) is 25.1. The number of hydrogen-bond acceptors (Lipinski definition) is 7. The fourth-order valence-electron chi connectivity index (χ4n) is 6.88. The summed E-state index contributed by atoms with van der Waals surface area (Å²) in [5.41, 5.74) is 0.604. The van der Waals surface area contributed by atoms with Crippen LogP contribution < -0.4 is 10.1 Å². The minimum Gasteiger partial charge on any atom is -0.504 e. The van der Waals surface area contributed by atoms with Crippen LogP contribution in [0.4, 0.5) is 0 Å². The summed E-state index contributed by atoms with van der Waals surface area (Å²) in [6, 6.07) is 12.1. The molecule has 8 nitrogen and oxygen atoms in total. The van der Waals surface area contributed by atoms with Crippen LogP contribution in [0.3, 0.4) is 0 Å². The van der Waals surface area contributed by atoms with Crippen molar-refractivity contribution in [2.24, 2.45) is 5.92 Å². The molecule has 8 heteroatoms. The molecule has 2 aromatic rings. The summed E-state index contributed by atoms with van der Waals surface area (Å²) >= 11 is 0. The van der Waals surface area contributed by atoms with Gasteiger partial charge in [0.05, 0.1) is 17.4 Å². The highest BCUT2D eigenvalue weighted by Gasteiger charge is 2.70. The molecule has 1 amide bonds. The molecule has 0 saturated heterocycles. The summed E-state index contributed by atoms with van der Waals surface area (Å²) in [5.74, 6) is -0.339. The number of esters is 1. The molecule has 4 N–H and O–H groups in total. The van der Waals surface area contributed by atoms with Gasteiger partial charge in [-0.25, -0.2) is 0 Å². The number of carbonyl (C=O) groups excluding carboxylic acids is 2. The zero-order valence-corrected chi connectivity index (χ0v) is 19.8. The molecule has 1 fully saturated rings. The van der Waals surface area contributed by atoms with E-state index in [1.807, 2.05) is 6.07 Å². The second-order valence-electron chi connectivity index (χ2n) is 10.3. The van der Waals surface area contributed by atoms with Crippen molar-refractivity contribution in [3.63, 3.8) is 0 Å². The second kappa shape index (κ2) is 8.35. The number of aliphatic hydroxyl groups excluding tert-OH is 1. The van der Waals surface area contributed by atoms with Crippen LogP contribution in [0.25, 0.3) is 0 Å². The van der Waals surface area contributed by atoms with E-state index in [4.69, 9.17) is 9.47 Å². The van der Waals surface area contributed by atoms with E-state index in [2.05, 4.69) is 5.32 Å². The summed E-state index contributed by atoms with van der Waals surface area (Å²) in [6.45, 7) is 0.00266. The molecule has 1 saturated carbocycles. The molecule has 5 atom stereocenters. The minimum atomic E-state index is -1.32. The number of rotatable bonds is 6. The molecule has 6 rings (SSSR count). The Hall–Kier alpha value is -3.36. The van der Waals surface area contributed by atoms with Gasteiger partial charge in [0, 0.05) is 12.1 Å². The molecule has 4 aliphatic rings. The number of phenolic OH excluding ortho intramolecular Hbond substituents is 1. The largest absolute Gasteiger partial charge is 0.504 e. The van der Waals surface area contributed by atoms with Gasteiger partial charge in [0.2, 0.25) is 0 Å². The average molecular weight is 492 g/mol. The Balaban J connectivity index is 1.17. The number of ether oxygens (including phenoxy) is 2. The highest BCUT2D eigenvalue weighted by Crippen LogP contribution is 2.67. The lowest BCUT2D eigenvalue weighted by Crippen LogP contribution is -2.67. The van der Waals surface area contributed by atoms with E-state index in [9.17, 15) is 24.9 Å². The van der Waals surface area contributed by atoms with E-state index in [0.717, 1.165) is 30.4 Å². The highest BCUT2D eigenvalue weighted by atomic mass is 16.6. The number of benzene rings is 2. The summed E-state index contributed by atoms with van der Waals surface area (Å²) in [6.07, 6.45) is 3.19. The van der Waals surface area contributed by atoms with Crippen molar-refractivity contribution in [2.75, 3.05) is 6.54 Å². The zero-order valence-electron chi connectivity index (χ0n) is 19.8. The smallest absolute Gasteiger partial charge is 0.312 e. The van der Waals surface area contributed by atoms with Crippen molar-refractivity contribution in [2.45, 2.75) is 61.7 Å². The standard InChI is InChI=1S/C28H29NO7/c30-19-9-8-17-15-18-7-4-12-27-22(17)24(19)36-25(27)20(10-13-28(18,27)34)35-21(31)11-14-29-26(33)23(32)16-5-2-1-3-6-16/h1-3,5-6,8-10,18,23,25,30,32,34H,4,7,11-15H2,(H,29,33)/t18-,23+,25+,27+,28-/m1/s1. The van der Waals surface area contributed by atoms with Gasteiger partial charge in [0.25, 0.3) is 5.91 Å². The maximum absolute atomic E-state index is 12.7. The molecule has 1 heterocycles. The lowest BCUT2D eigenvalue weighted by Gasteiger charge is -2.59. The quantitative estimate of drug-likeness (QED) is 0.458. The van der Waals surface area contributed by atoms with E-state index in [-0.39, 0.29) is 24.6 Å². The van der Waals surface area contributed by atoms with Gasteiger partial charge in [-0.05, 0) is 54.9 Å². The van der Waals surface area contributed by atoms with Gasteiger partial charge in [0.15, 0.2) is 23.7 Å². The molecule has 0 unspecified atom stereocenters. The van der Waals surface area contributed by atoms with Gasteiger partial charge in [-0.1, -0.05) is 42.8 Å². The van der Waals surface area contributed by atoms with Crippen molar-refractivity contribution < 1.29 is 34.4 Å². The summed E-state index contributed by atoms with van der Waals surface area (Å²) in [7, 11) is 0. The molecule has 1 spiro atoms.